The van der Waals surface area contributed by atoms with E-state index in [4.69, 9.17) is 27.9 Å². The molecule has 3 nitrogen and oxygen atoms in total. The molecule has 0 saturated carbocycles. The molecule has 0 aromatic heterocycles. The normalized spacial score (nSPS) is 12.2. The van der Waals surface area contributed by atoms with Crippen molar-refractivity contribution in [3.8, 4) is 0 Å². The smallest absolute Gasteiger partial charge is 0.224 e. The summed E-state index contributed by atoms with van der Waals surface area (Å²) in [6.07, 6.45) is 0.314. The van der Waals surface area contributed by atoms with Crippen LogP contribution in [0.2, 0.25) is 5.02 Å². The topological polar surface area (TPSA) is 38.3 Å². The maximum Gasteiger partial charge on any atom is 0.224 e. The molecule has 1 atom stereocenters. The lowest BCUT2D eigenvalue weighted by Crippen LogP contribution is -2.40. The van der Waals surface area contributed by atoms with Gasteiger partial charge in [-0.2, -0.15) is 0 Å². The van der Waals surface area contributed by atoms with E-state index in [1.807, 2.05) is 12.1 Å². The molecule has 0 heterocycles. The van der Waals surface area contributed by atoms with Gasteiger partial charge >= 0.3 is 0 Å². The number of methoxy groups -OCH3 is 1. The van der Waals surface area contributed by atoms with Gasteiger partial charge in [0.2, 0.25) is 5.91 Å². The molecule has 0 saturated heterocycles. The highest BCUT2D eigenvalue weighted by Gasteiger charge is 2.11. The van der Waals surface area contributed by atoms with Crippen molar-refractivity contribution in [3.63, 3.8) is 0 Å². The van der Waals surface area contributed by atoms with E-state index >= 15 is 0 Å². The summed E-state index contributed by atoms with van der Waals surface area (Å²) >= 11 is 11.5. The molecule has 17 heavy (non-hydrogen) atoms. The van der Waals surface area contributed by atoms with E-state index in [9.17, 15) is 4.79 Å². The van der Waals surface area contributed by atoms with E-state index in [2.05, 4.69) is 5.32 Å². The summed E-state index contributed by atoms with van der Waals surface area (Å²) in [5, 5.41) is 3.46. The van der Waals surface area contributed by atoms with Crippen molar-refractivity contribution >= 4 is 29.1 Å². The molecule has 1 aromatic carbocycles. The third kappa shape index (κ3) is 5.39. The molecule has 0 radical (unpaired) electrons. The average molecular weight is 276 g/mol. The van der Waals surface area contributed by atoms with Gasteiger partial charge in [-0.25, -0.2) is 0 Å². The molecule has 1 rings (SSSR count). The van der Waals surface area contributed by atoms with E-state index < -0.39 is 0 Å². The van der Waals surface area contributed by atoms with Gasteiger partial charge in [-0.3, -0.25) is 4.79 Å². The highest BCUT2D eigenvalue weighted by molar-refractivity contribution is 6.30. The van der Waals surface area contributed by atoms with Crippen LogP contribution in [0.5, 0.6) is 0 Å². The van der Waals surface area contributed by atoms with Gasteiger partial charge in [0.15, 0.2) is 0 Å². The first-order valence-electron chi connectivity index (χ1n) is 5.24. The number of carbonyl (C=O) groups excluding carboxylic acids is 1. The number of carbonyl (C=O) groups is 1. The number of hydrogen-bond acceptors (Lipinski definition) is 2. The van der Waals surface area contributed by atoms with Gasteiger partial charge in [0.05, 0.1) is 19.1 Å². The monoisotopic (exact) mass is 275 g/mol. The lowest BCUT2D eigenvalue weighted by atomic mass is 10.1. The largest absolute Gasteiger partial charge is 0.383 e. The van der Waals surface area contributed by atoms with Crippen molar-refractivity contribution in [1.82, 2.24) is 5.32 Å². The summed E-state index contributed by atoms with van der Waals surface area (Å²) in [6.45, 7) is 0.413. The molecule has 94 valence electrons. The number of amides is 1. The molecule has 5 heteroatoms. The van der Waals surface area contributed by atoms with Crippen LogP contribution in [-0.4, -0.2) is 31.5 Å². The van der Waals surface area contributed by atoms with Crippen LogP contribution >= 0.6 is 23.2 Å². The number of hydrogen-bond donors (Lipinski definition) is 1. The first kappa shape index (κ1) is 14.3. The Kier molecular flexibility index (Phi) is 6.34. The Hall–Kier alpha value is -0.770. The minimum atomic E-state index is -0.151. The van der Waals surface area contributed by atoms with Crippen LogP contribution in [0, 0.1) is 0 Å². The summed E-state index contributed by atoms with van der Waals surface area (Å²) in [4.78, 5) is 11.7. The first-order valence-corrected chi connectivity index (χ1v) is 6.15. The summed E-state index contributed by atoms with van der Waals surface area (Å²) in [5.74, 6) is 0.259. The van der Waals surface area contributed by atoms with Gasteiger partial charge in [-0.05, 0) is 17.7 Å². The minimum absolute atomic E-state index is 0.0741. The van der Waals surface area contributed by atoms with Gasteiger partial charge in [-0.1, -0.05) is 23.7 Å². The number of rotatable bonds is 6. The van der Waals surface area contributed by atoms with Crippen LogP contribution in [0.15, 0.2) is 24.3 Å². The third-order valence-electron chi connectivity index (χ3n) is 2.20. The minimum Gasteiger partial charge on any atom is -0.383 e. The molecule has 0 aliphatic carbocycles. The van der Waals surface area contributed by atoms with Crippen LogP contribution in [0.25, 0.3) is 0 Å². The molecule has 0 bridgehead atoms. The summed E-state index contributed by atoms with van der Waals surface area (Å²) in [5.41, 5.74) is 0.914. The fraction of sp³-hybridized carbons (Fsp3) is 0.417. The molecule has 1 aromatic rings. The highest BCUT2D eigenvalue weighted by atomic mass is 35.5. The Morgan fingerprint density at radius 3 is 2.59 bits per heavy atom. The second-order valence-corrected chi connectivity index (χ2v) is 4.42. The number of nitrogens with one attached hydrogen (secondary N) is 1. The second kappa shape index (κ2) is 7.54. The SMILES string of the molecule is COCC(CCl)NC(=O)Cc1ccc(Cl)cc1. The van der Waals surface area contributed by atoms with E-state index in [0.717, 1.165) is 5.56 Å². The predicted octanol–water partition coefficient (Wildman–Crippen LogP) is 2.25. The molecular weight excluding hydrogens is 261 g/mol. The molecular formula is C12H15Cl2NO2. The van der Waals surface area contributed by atoms with E-state index in [1.165, 1.54) is 0 Å². The molecule has 0 fully saturated rings. The molecule has 0 aliphatic heterocycles. The van der Waals surface area contributed by atoms with Crippen LogP contribution in [0.3, 0.4) is 0 Å². The fourth-order valence-corrected chi connectivity index (χ4v) is 1.68. The fourth-order valence-electron chi connectivity index (χ4n) is 1.39. The average Bonchev–Trinajstić information content (AvgIpc) is 2.31. The zero-order chi connectivity index (χ0) is 12.7. The molecule has 0 spiro atoms. The van der Waals surface area contributed by atoms with Crippen molar-refractivity contribution in [3.05, 3.63) is 34.9 Å². The first-order chi connectivity index (χ1) is 8.15. The standard InChI is InChI=1S/C12H15Cl2NO2/c1-17-8-11(7-13)15-12(16)6-9-2-4-10(14)5-3-9/h2-5,11H,6-8H2,1H3,(H,15,16). The summed E-state index contributed by atoms with van der Waals surface area (Å²) in [6, 6.07) is 7.03. The van der Waals surface area contributed by atoms with Crippen molar-refractivity contribution in [2.75, 3.05) is 19.6 Å². The number of halogens is 2. The molecule has 1 amide bonds. The van der Waals surface area contributed by atoms with Gasteiger partial charge in [-0.15, -0.1) is 11.6 Å². The maximum atomic E-state index is 11.7. The Labute approximate surface area is 111 Å². The number of benzene rings is 1. The Morgan fingerprint density at radius 2 is 2.06 bits per heavy atom. The van der Waals surface area contributed by atoms with E-state index in [0.29, 0.717) is 23.9 Å². The van der Waals surface area contributed by atoms with Gasteiger partial charge in [0.1, 0.15) is 0 Å². The zero-order valence-corrected chi connectivity index (χ0v) is 11.1. The third-order valence-corrected chi connectivity index (χ3v) is 2.82. The maximum absolute atomic E-state index is 11.7. The highest BCUT2D eigenvalue weighted by Crippen LogP contribution is 2.09. The second-order valence-electron chi connectivity index (χ2n) is 3.68. The Balaban J connectivity index is 2.46. The lowest BCUT2D eigenvalue weighted by Gasteiger charge is -2.14. The van der Waals surface area contributed by atoms with Crippen molar-refractivity contribution < 1.29 is 9.53 Å². The van der Waals surface area contributed by atoms with Gasteiger partial charge in [0, 0.05) is 18.0 Å². The molecule has 1 unspecified atom stereocenters. The van der Waals surface area contributed by atoms with Gasteiger partial charge < -0.3 is 10.1 Å². The summed E-state index contributed by atoms with van der Waals surface area (Å²) < 4.78 is 4.95. The van der Waals surface area contributed by atoms with E-state index in [1.54, 1.807) is 19.2 Å². The predicted molar refractivity (Wildman–Crippen MR) is 69.7 cm³/mol. The number of alkyl halides is 1. The van der Waals surface area contributed by atoms with Crippen LogP contribution in [0.1, 0.15) is 5.56 Å². The molecule has 1 N–H and O–H groups in total. The summed E-state index contributed by atoms with van der Waals surface area (Å²) in [7, 11) is 1.57. The van der Waals surface area contributed by atoms with Crippen LogP contribution in [0.4, 0.5) is 0 Å². The van der Waals surface area contributed by atoms with Gasteiger partial charge in [0.25, 0.3) is 0 Å². The van der Waals surface area contributed by atoms with Crippen LogP contribution < -0.4 is 5.32 Å². The Morgan fingerprint density at radius 1 is 1.41 bits per heavy atom. The van der Waals surface area contributed by atoms with E-state index in [-0.39, 0.29) is 11.9 Å². The zero-order valence-electron chi connectivity index (χ0n) is 9.58. The quantitative estimate of drug-likeness (QED) is 0.809. The van der Waals surface area contributed by atoms with Crippen molar-refractivity contribution in [2.45, 2.75) is 12.5 Å². The lowest BCUT2D eigenvalue weighted by molar-refractivity contribution is -0.121. The van der Waals surface area contributed by atoms with Crippen LogP contribution in [-0.2, 0) is 16.0 Å². The Bertz CT molecular complexity index is 354. The van der Waals surface area contributed by atoms with Crippen molar-refractivity contribution in [2.24, 2.45) is 0 Å². The number of ether oxygens (including phenoxy) is 1. The molecule has 0 aliphatic rings. The van der Waals surface area contributed by atoms with Crippen molar-refractivity contribution in [1.29, 1.82) is 0 Å².